The highest BCUT2D eigenvalue weighted by Gasteiger charge is 2.31. The number of likely N-dealkylation sites (tertiary alicyclic amines) is 2. The van der Waals surface area contributed by atoms with Crippen LogP contribution in [0.25, 0.3) is 0 Å². The number of carbonyl (C=O) groups is 2. The Hall–Kier alpha value is -2.04. The molecule has 1 N–H and O–H groups in total. The molecule has 2 saturated heterocycles. The smallest absolute Gasteiger partial charge is 0.317 e. The van der Waals surface area contributed by atoms with Crippen molar-refractivity contribution >= 4 is 11.9 Å². The Labute approximate surface area is 124 Å². The summed E-state index contributed by atoms with van der Waals surface area (Å²) in [5, 5.41) is 2.99. The van der Waals surface area contributed by atoms with Crippen molar-refractivity contribution in [2.75, 3.05) is 19.6 Å². The van der Waals surface area contributed by atoms with E-state index in [1.807, 2.05) is 40.1 Å². The van der Waals surface area contributed by atoms with Crippen LogP contribution in [0.2, 0.25) is 0 Å². The van der Waals surface area contributed by atoms with Crippen molar-refractivity contribution in [2.24, 2.45) is 0 Å². The first kappa shape index (κ1) is 13.9. The van der Waals surface area contributed by atoms with Gasteiger partial charge in [-0.1, -0.05) is 30.3 Å². The largest absolute Gasteiger partial charge is 0.336 e. The van der Waals surface area contributed by atoms with Gasteiger partial charge in [-0.2, -0.15) is 0 Å². The first-order valence-electron chi connectivity index (χ1n) is 7.59. The van der Waals surface area contributed by atoms with Gasteiger partial charge in [0.25, 0.3) is 0 Å². The number of rotatable bonds is 3. The summed E-state index contributed by atoms with van der Waals surface area (Å²) >= 11 is 0. The number of urea groups is 1. The SMILES string of the molecule is O=C1C[C@H](NC(=O)N2CCCC2)CN1Cc1ccccc1. The van der Waals surface area contributed by atoms with Gasteiger partial charge < -0.3 is 15.1 Å². The van der Waals surface area contributed by atoms with Gasteiger partial charge in [0, 0.05) is 32.6 Å². The van der Waals surface area contributed by atoms with Crippen molar-refractivity contribution in [1.82, 2.24) is 15.1 Å². The van der Waals surface area contributed by atoms with Gasteiger partial charge >= 0.3 is 6.03 Å². The Morgan fingerprint density at radius 1 is 1.19 bits per heavy atom. The Balaban J connectivity index is 1.53. The molecule has 1 aromatic rings. The van der Waals surface area contributed by atoms with E-state index < -0.39 is 0 Å². The van der Waals surface area contributed by atoms with Crippen LogP contribution < -0.4 is 5.32 Å². The fourth-order valence-electron chi connectivity index (χ4n) is 3.01. The van der Waals surface area contributed by atoms with Crippen LogP contribution in [0.3, 0.4) is 0 Å². The Morgan fingerprint density at radius 3 is 2.62 bits per heavy atom. The van der Waals surface area contributed by atoms with Gasteiger partial charge in [-0.25, -0.2) is 4.79 Å². The maximum absolute atomic E-state index is 12.1. The van der Waals surface area contributed by atoms with Crippen LogP contribution in [0.4, 0.5) is 4.79 Å². The van der Waals surface area contributed by atoms with Gasteiger partial charge in [-0.3, -0.25) is 4.79 Å². The highest BCUT2D eigenvalue weighted by atomic mass is 16.2. The van der Waals surface area contributed by atoms with Crippen LogP contribution in [0, 0.1) is 0 Å². The van der Waals surface area contributed by atoms with E-state index in [2.05, 4.69) is 5.32 Å². The molecule has 3 amide bonds. The number of hydrogen-bond donors (Lipinski definition) is 1. The molecule has 3 rings (SSSR count). The standard InChI is InChI=1S/C16H21N3O2/c20-15-10-14(17-16(21)18-8-4-5-9-18)12-19(15)11-13-6-2-1-3-7-13/h1-3,6-7,14H,4-5,8-12H2,(H,17,21)/t14-/m0/s1. The molecule has 21 heavy (non-hydrogen) atoms. The van der Waals surface area contributed by atoms with Gasteiger partial charge in [0.15, 0.2) is 0 Å². The molecule has 0 saturated carbocycles. The van der Waals surface area contributed by atoms with Crippen molar-refractivity contribution in [1.29, 1.82) is 0 Å². The average Bonchev–Trinajstić information content (AvgIpc) is 3.11. The summed E-state index contributed by atoms with van der Waals surface area (Å²) < 4.78 is 0. The van der Waals surface area contributed by atoms with E-state index in [1.54, 1.807) is 0 Å². The van der Waals surface area contributed by atoms with Crippen LogP contribution in [0.1, 0.15) is 24.8 Å². The highest BCUT2D eigenvalue weighted by molar-refractivity contribution is 5.81. The number of nitrogens with one attached hydrogen (secondary N) is 1. The third kappa shape index (κ3) is 3.35. The van der Waals surface area contributed by atoms with Crippen molar-refractivity contribution < 1.29 is 9.59 Å². The average molecular weight is 287 g/mol. The lowest BCUT2D eigenvalue weighted by Gasteiger charge is -2.20. The molecule has 1 atom stereocenters. The van der Waals surface area contributed by atoms with Crippen LogP contribution in [0.15, 0.2) is 30.3 Å². The molecule has 112 valence electrons. The second kappa shape index (κ2) is 6.16. The lowest BCUT2D eigenvalue weighted by Crippen LogP contribution is -2.44. The fraction of sp³-hybridized carbons (Fsp3) is 0.500. The summed E-state index contributed by atoms with van der Waals surface area (Å²) in [6.45, 7) is 2.89. The molecule has 2 fully saturated rings. The molecule has 0 aromatic heterocycles. The number of amides is 3. The second-order valence-electron chi connectivity index (χ2n) is 5.80. The second-order valence-corrected chi connectivity index (χ2v) is 5.80. The summed E-state index contributed by atoms with van der Waals surface area (Å²) in [5.41, 5.74) is 1.12. The summed E-state index contributed by atoms with van der Waals surface area (Å²) in [6.07, 6.45) is 2.57. The highest BCUT2D eigenvalue weighted by Crippen LogP contribution is 2.16. The lowest BCUT2D eigenvalue weighted by molar-refractivity contribution is -0.128. The maximum atomic E-state index is 12.1. The van der Waals surface area contributed by atoms with E-state index in [1.165, 1.54) is 0 Å². The van der Waals surface area contributed by atoms with Crippen LogP contribution in [-0.2, 0) is 11.3 Å². The number of carbonyl (C=O) groups excluding carboxylic acids is 2. The van der Waals surface area contributed by atoms with E-state index in [0.717, 1.165) is 31.5 Å². The third-order valence-electron chi connectivity index (χ3n) is 4.15. The number of benzene rings is 1. The van der Waals surface area contributed by atoms with Crippen molar-refractivity contribution in [2.45, 2.75) is 31.8 Å². The summed E-state index contributed by atoms with van der Waals surface area (Å²) in [6, 6.07) is 9.87. The zero-order chi connectivity index (χ0) is 14.7. The molecule has 5 heteroatoms. The number of hydrogen-bond acceptors (Lipinski definition) is 2. The van der Waals surface area contributed by atoms with Crippen LogP contribution in [-0.4, -0.2) is 47.4 Å². The van der Waals surface area contributed by atoms with Gasteiger partial charge in [0.1, 0.15) is 0 Å². The van der Waals surface area contributed by atoms with E-state index in [0.29, 0.717) is 19.5 Å². The molecule has 0 aliphatic carbocycles. The van der Waals surface area contributed by atoms with Gasteiger partial charge in [-0.05, 0) is 18.4 Å². The minimum atomic E-state index is -0.0608. The molecule has 5 nitrogen and oxygen atoms in total. The summed E-state index contributed by atoms with van der Waals surface area (Å²) in [7, 11) is 0. The van der Waals surface area contributed by atoms with E-state index >= 15 is 0 Å². The van der Waals surface area contributed by atoms with E-state index in [4.69, 9.17) is 0 Å². The van der Waals surface area contributed by atoms with Crippen molar-refractivity contribution in [3.8, 4) is 0 Å². The van der Waals surface area contributed by atoms with Gasteiger partial charge in [-0.15, -0.1) is 0 Å². The topological polar surface area (TPSA) is 52.7 Å². The predicted molar refractivity (Wildman–Crippen MR) is 79.6 cm³/mol. The molecule has 0 spiro atoms. The van der Waals surface area contributed by atoms with Crippen LogP contribution in [0.5, 0.6) is 0 Å². The normalized spacial score (nSPS) is 21.9. The molecule has 0 unspecified atom stereocenters. The first-order valence-corrected chi connectivity index (χ1v) is 7.59. The van der Waals surface area contributed by atoms with E-state index in [-0.39, 0.29) is 18.0 Å². The fourth-order valence-corrected chi connectivity index (χ4v) is 3.01. The van der Waals surface area contributed by atoms with Gasteiger partial charge in [0.2, 0.25) is 5.91 Å². The summed E-state index contributed by atoms with van der Waals surface area (Å²) in [5.74, 6) is 0.116. The minimum Gasteiger partial charge on any atom is -0.336 e. The minimum absolute atomic E-state index is 0.0214. The van der Waals surface area contributed by atoms with Crippen LogP contribution >= 0.6 is 0 Å². The molecule has 1 aromatic carbocycles. The summed E-state index contributed by atoms with van der Waals surface area (Å²) in [4.78, 5) is 27.8. The molecule has 0 bridgehead atoms. The molecule has 2 aliphatic heterocycles. The Morgan fingerprint density at radius 2 is 1.90 bits per heavy atom. The molecule has 2 heterocycles. The first-order chi connectivity index (χ1) is 10.2. The Kier molecular flexibility index (Phi) is 4.08. The monoisotopic (exact) mass is 287 g/mol. The quantitative estimate of drug-likeness (QED) is 0.918. The number of nitrogens with zero attached hydrogens (tertiary/aromatic N) is 2. The zero-order valence-electron chi connectivity index (χ0n) is 12.1. The molecular weight excluding hydrogens is 266 g/mol. The predicted octanol–water partition coefficient (Wildman–Crippen LogP) is 1.59. The molecular formula is C16H21N3O2. The molecule has 2 aliphatic rings. The molecule has 0 radical (unpaired) electrons. The van der Waals surface area contributed by atoms with Gasteiger partial charge in [0.05, 0.1) is 6.04 Å². The Bertz CT molecular complexity index is 512. The van der Waals surface area contributed by atoms with E-state index in [9.17, 15) is 9.59 Å². The van der Waals surface area contributed by atoms with Crippen molar-refractivity contribution in [3.05, 3.63) is 35.9 Å². The van der Waals surface area contributed by atoms with Crippen molar-refractivity contribution in [3.63, 3.8) is 0 Å². The third-order valence-corrected chi connectivity index (χ3v) is 4.15. The zero-order valence-corrected chi connectivity index (χ0v) is 12.1. The lowest BCUT2D eigenvalue weighted by atomic mass is 10.2. The maximum Gasteiger partial charge on any atom is 0.317 e.